The van der Waals surface area contributed by atoms with Gasteiger partial charge in [0.1, 0.15) is 0 Å². The zero-order chi connectivity index (χ0) is 12.8. The molecule has 1 amide bonds. The van der Waals surface area contributed by atoms with E-state index in [4.69, 9.17) is 11.1 Å². The molecular formula is C12H17N3OS. The first-order valence-electron chi connectivity index (χ1n) is 5.39. The number of amidine groups is 1. The molecule has 5 heteroatoms. The van der Waals surface area contributed by atoms with Gasteiger partial charge >= 0.3 is 0 Å². The third-order valence-corrected chi connectivity index (χ3v) is 3.08. The van der Waals surface area contributed by atoms with Gasteiger partial charge in [0.25, 0.3) is 0 Å². The number of hydrogen-bond acceptors (Lipinski definition) is 3. The summed E-state index contributed by atoms with van der Waals surface area (Å²) in [6.07, 6.45) is 0. The first kappa shape index (κ1) is 13.6. The molecule has 0 fully saturated rings. The minimum atomic E-state index is -0.0285. The van der Waals surface area contributed by atoms with Crippen molar-refractivity contribution in [2.75, 3.05) is 17.2 Å². The number of para-hydroxylation sites is 1. The number of nitrogens with one attached hydrogen (secondary N) is 1. The minimum Gasteiger partial charge on any atom is -0.379 e. The van der Waals surface area contributed by atoms with Gasteiger partial charge in [-0.2, -0.15) is 0 Å². The number of carbonyl (C=O) groups excluding carboxylic acids is 1. The zero-order valence-corrected chi connectivity index (χ0v) is 10.9. The molecule has 17 heavy (non-hydrogen) atoms. The molecule has 0 aliphatic heterocycles. The Hall–Kier alpha value is -1.49. The van der Waals surface area contributed by atoms with Gasteiger partial charge in [0.05, 0.1) is 5.75 Å². The number of nitrogens with two attached hydrogens (primary N) is 1. The highest BCUT2D eigenvalue weighted by Crippen LogP contribution is 2.20. The highest BCUT2D eigenvalue weighted by molar-refractivity contribution is 8.14. The lowest BCUT2D eigenvalue weighted by molar-refractivity contribution is -0.116. The molecule has 0 aliphatic rings. The smallest absolute Gasteiger partial charge is 0.237 e. The highest BCUT2D eigenvalue weighted by Gasteiger charge is 2.15. The van der Waals surface area contributed by atoms with Crippen molar-refractivity contribution in [2.24, 2.45) is 5.73 Å². The molecule has 0 saturated heterocycles. The van der Waals surface area contributed by atoms with Crippen molar-refractivity contribution < 1.29 is 4.79 Å². The van der Waals surface area contributed by atoms with Gasteiger partial charge in [0, 0.05) is 12.2 Å². The van der Waals surface area contributed by atoms with Crippen molar-refractivity contribution in [3.63, 3.8) is 0 Å². The van der Waals surface area contributed by atoms with Crippen LogP contribution in [0.4, 0.5) is 5.69 Å². The van der Waals surface area contributed by atoms with E-state index in [1.54, 1.807) is 4.90 Å². The molecule has 0 saturated carbocycles. The van der Waals surface area contributed by atoms with Crippen LogP contribution >= 0.6 is 11.8 Å². The van der Waals surface area contributed by atoms with E-state index < -0.39 is 0 Å². The normalized spacial score (nSPS) is 10.0. The van der Waals surface area contributed by atoms with Gasteiger partial charge in [-0.1, -0.05) is 30.0 Å². The maximum Gasteiger partial charge on any atom is 0.237 e. The van der Waals surface area contributed by atoms with Crippen LogP contribution in [0.1, 0.15) is 12.5 Å². The molecule has 0 heterocycles. The van der Waals surface area contributed by atoms with Crippen LogP contribution in [0.25, 0.3) is 0 Å². The topological polar surface area (TPSA) is 70.2 Å². The Balaban J connectivity index is 2.81. The van der Waals surface area contributed by atoms with Crippen LogP contribution in [-0.4, -0.2) is 23.4 Å². The fourth-order valence-electron chi connectivity index (χ4n) is 1.56. The summed E-state index contributed by atoms with van der Waals surface area (Å²) in [6.45, 7) is 4.52. The van der Waals surface area contributed by atoms with Gasteiger partial charge < -0.3 is 10.6 Å². The molecule has 1 aromatic rings. The molecule has 0 atom stereocenters. The molecule has 1 aromatic carbocycles. The second-order valence-corrected chi connectivity index (χ2v) is 4.59. The molecule has 1 rings (SSSR count). The number of nitrogens with zero attached hydrogens (tertiary/aromatic N) is 1. The molecule has 0 aromatic heterocycles. The number of aryl methyl sites for hydroxylation is 1. The van der Waals surface area contributed by atoms with Gasteiger partial charge in [0.15, 0.2) is 5.17 Å². The van der Waals surface area contributed by atoms with E-state index in [-0.39, 0.29) is 16.8 Å². The fourth-order valence-corrected chi connectivity index (χ4v) is 2.00. The van der Waals surface area contributed by atoms with Crippen LogP contribution < -0.4 is 10.6 Å². The molecule has 0 unspecified atom stereocenters. The quantitative estimate of drug-likeness (QED) is 0.635. The number of thioether (sulfide) groups is 1. The van der Waals surface area contributed by atoms with Crippen LogP contribution in [0.3, 0.4) is 0 Å². The number of benzene rings is 1. The van der Waals surface area contributed by atoms with Gasteiger partial charge in [-0.25, -0.2) is 0 Å². The van der Waals surface area contributed by atoms with E-state index in [1.807, 2.05) is 38.1 Å². The van der Waals surface area contributed by atoms with Crippen LogP contribution in [0.2, 0.25) is 0 Å². The highest BCUT2D eigenvalue weighted by atomic mass is 32.2. The number of carbonyl (C=O) groups is 1. The lowest BCUT2D eigenvalue weighted by Gasteiger charge is -2.22. The predicted octanol–water partition coefficient (Wildman–Crippen LogP) is 1.97. The molecule has 3 N–H and O–H groups in total. The maximum atomic E-state index is 12.0. The van der Waals surface area contributed by atoms with Gasteiger partial charge in [-0.05, 0) is 25.5 Å². The van der Waals surface area contributed by atoms with E-state index in [0.29, 0.717) is 6.54 Å². The largest absolute Gasteiger partial charge is 0.379 e. The van der Waals surface area contributed by atoms with Crippen molar-refractivity contribution in [1.82, 2.24) is 0 Å². The summed E-state index contributed by atoms with van der Waals surface area (Å²) in [7, 11) is 0. The number of amides is 1. The molecule has 0 spiro atoms. The van der Waals surface area contributed by atoms with Crippen LogP contribution in [0.5, 0.6) is 0 Å². The Morgan fingerprint density at radius 1 is 1.47 bits per heavy atom. The maximum absolute atomic E-state index is 12.0. The average molecular weight is 251 g/mol. The van der Waals surface area contributed by atoms with E-state index in [1.165, 1.54) is 0 Å². The molecular weight excluding hydrogens is 234 g/mol. The summed E-state index contributed by atoms with van der Waals surface area (Å²) in [5.74, 6) is 0.180. The number of anilines is 1. The third-order valence-electron chi connectivity index (χ3n) is 2.37. The molecule has 92 valence electrons. The second-order valence-electron chi connectivity index (χ2n) is 3.58. The lowest BCUT2D eigenvalue weighted by Crippen LogP contribution is -2.33. The molecule has 4 nitrogen and oxygen atoms in total. The molecule has 0 bridgehead atoms. The van der Waals surface area contributed by atoms with Crippen LogP contribution in [-0.2, 0) is 4.79 Å². The number of hydrogen-bond donors (Lipinski definition) is 2. The first-order valence-corrected chi connectivity index (χ1v) is 6.37. The Kier molecular flexibility index (Phi) is 5.03. The average Bonchev–Trinajstić information content (AvgIpc) is 2.30. The number of rotatable bonds is 4. The summed E-state index contributed by atoms with van der Waals surface area (Å²) >= 11 is 1.05. The summed E-state index contributed by atoms with van der Waals surface area (Å²) in [4.78, 5) is 13.7. The van der Waals surface area contributed by atoms with Crippen LogP contribution in [0.15, 0.2) is 24.3 Å². The summed E-state index contributed by atoms with van der Waals surface area (Å²) in [6, 6.07) is 7.76. The fraction of sp³-hybridized carbons (Fsp3) is 0.333. The van der Waals surface area contributed by atoms with Crippen molar-refractivity contribution in [3.8, 4) is 0 Å². The lowest BCUT2D eigenvalue weighted by atomic mass is 10.2. The molecule has 0 aliphatic carbocycles. The summed E-state index contributed by atoms with van der Waals surface area (Å²) in [5.41, 5.74) is 7.21. The monoisotopic (exact) mass is 251 g/mol. The summed E-state index contributed by atoms with van der Waals surface area (Å²) in [5, 5.41) is 7.07. The Labute approximate surface area is 106 Å². The third kappa shape index (κ3) is 3.78. The first-order chi connectivity index (χ1) is 8.06. The second kappa shape index (κ2) is 6.30. The van der Waals surface area contributed by atoms with E-state index >= 15 is 0 Å². The van der Waals surface area contributed by atoms with E-state index in [0.717, 1.165) is 23.0 Å². The van der Waals surface area contributed by atoms with Crippen LogP contribution in [0, 0.1) is 12.3 Å². The predicted molar refractivity (Wildman–Crippen MR) is 73.6 cm³/mol. The zero-order valence-electron chi connectivity index (χ0n) is 10.1. The van der Waals surface area contributed by atoms with E-state index in [2.05, 4.69) is 0 Å². The van der Waals surface area contributed by atoms with E-state index in [9.17, 15) is 4.79 Å². The van der Waals surface area contributed by atoms with Crippen molar-refractivity contribution in [1.29, 1.82) is 5.41 Å². The standard InChI is InChI=1S/C12H17N3OS/c1-3-15(11(16)8-17-12(13)14)10-7-5-4-6-9(10)2/h4-7H,3,8H2,1-2H3,(H3,13,14). The van der Waals surface area contributed by atoms with Gasteiger partial charge in [-0.15, -0.1) is 0 Å². The molecule has 0 radical (unpaired) electrons. The van der Waals surface area contributed by atoms with Gasteiger partial charge in [-0.3, -0.25) is 10.2 Å². The Morgan fingerprint density at radius 3 is 2.65 bits per heavy atom. The summed E-state index contributed by atoms with van der Waals surface area (Å²) < 4.78 is 0. The van der Waals surface area contributed by atoms with Crippen molar-refractivity contribution >= 4 is 28.5 Å². The SMILES string of the molecule is CCN(C(=O)CSC(=N)N)c1ccccc1C. The van der Waals surface area contributed by atoms with Gasteiger partial charge in [0.2, 0.25) is 5.91 Å². The van der Waals surface area contributed by atoms with Crippen molar-refractivity contribution in [2.45, 2.75) is 13.8 Å². The Bertz CT molecular complexity index is 420. The minimum absolute atomic E-state index is 0.0259. The van der Waals surface area contributed by atoms with Crippen molar-refractivity contribution in [3.05, 3.63) is 29.8 Å². The Morgan fingerprint density at radius 2 is 2.12 bits per heavy atom.